The Bertz CT molecular complexity index is 385. The van der Waals surface area contributed by atoms with Crippen molar-refractivity contribution >= 4 is 0 Å². The van der Waals surface area contributed by atoms with Crippen molar-refractivity contribution in [1.29, 1.82) is 0 Å². The van der Waals surface area contributed by atoms with Gasteiger partial charge in [0.1, 0.15) is 0 Å². The van der Waals surface area contributed by atoms with Gasteiger partial charge in [-0.25, -0.2) is 0 Å². The van der Waals surface area contributed by atoms with Crippen molar-refractivity contribution in [1.82, 2.24) is 10.2 Å². The van der Waals surface area contributed by atoms with Crippen LogP contribution in [0.15, 0.2) is 30.3 Å². The number of benzene rings is 1. The van der Waals surface area contributed by atoms with Gasteiger partial charge in [-0.1, -0.05) is 37.3 Å². The maximum atomic E-state index is 5.49. The minimum atomic E-state index is 0.135. The van der Waals surface area contributed by atoms with Gasteiger partial charge in [-0.05, 0) is 32.4 Å². The van der Waals surface area contributed by atoms with Crippen LogP contribution in [0.1, 0.15) is 26.3 Å². The lowest BCUT2D eigenvalue weighted by atomic mass is 9.87. The molecule has 0 aromatic heterocycles. The van der Waals surface area contributed by atoms with Gasteiger partial charge in [0.05, 0.1) is 13.2 Å². The van der Waals surface area contributed by atoms with Gasteiger partial charge in [0.25, 0.3) is 0 Å². The molecule has 0 bridgehead atoms. The second-order valence-corrected chi connectivity index (χ2v) is 6.05. The number of nitrogens with zero attached hydrogens (tertiary/aromatic N) is 1. The first-order valence-corrected chi connectivity index (χ1v) is 7.74. The number of nitrogens with one attached hydrogen (secondary N) is 1. The predicted octanol–water partition coefficient (Wildman–Crippen LogP) is 2.32. The molecule has 1 saturated heterocycles. The SMILES string of the molecule is CCNC(Cc1ccccc1)C(C)(C)N1CCOCC1. The van der Waals surface area contributed by atoms with E-state index in [2.05, 4.69) is 61.3 Å². The molecule has 3 heteroatoms. The van der Waals surface area contributed by atoms with Gasteiger partial charge in [-0.15, -0.1) is 0 Å². The van der Waals surface area contributed by atoms with Gasteiger partial charge < -0.3 is 10.1 Å². The Morgan fingerprint density at radius 2 is 1.85 bits per heavy atom. The van der Waals surface area contributed by atoms with E-state index in [1.165, 1.54) is 5.56 Å². The second-order valence-electron chi connectivity index (χ2n) is 6.05. The molecule has 3 nitrogen and oxygen atoms in total. The molecule has 1 fully saturated rings. The smallest absolute Gasteiger partial charge is 0.0594 e. The molecule has 1 aliphatic heterocycles. The highest BCUT2D eigenvalue weighted by atomic mass is 16.5. The van der Waals surface area contributed by atoms with Crippen LogP contribution in [0.4, 0.5) is 0 Å². The summed E-state index contributed by atoms with van der Waals surface area (Å²) in [6.07, 6.45) is 1.07. The fourth-order valence-corrected chi connectivity index (χ4v) is 3.03. The quantitative estimate of drug-likeness (QED) is 0.863. The average Bonchev–Trinajstić information content (AvgIpc) is 2.49. The van der Waals surface area contributed by atoms with E-state index in [9.17, 15) is 0 Å². The van der Waals surface area contributed by atoms with Gasteiger partial charge in [-0.2, -0.15) is 0 Å². The van der Waals surface area contributed by atoms with Crippen molar-refractivity contribution in [2.24, 2.45) is 0 Å². The number of hydrogen-bond donors (Lipinski definition) is 1. The molecule has 1 aliphatic rings. The first-order valence-electron chi connectivity index (χ1n) is 7.74. The summed E-state index contributed by atoms with van der Waals surface area (Å²) in [5.74, 6) is 0. The molecule has 1 atom stereocenters. The van der Waals surface area contributed by atoms with Crippen molar-refractivity contribution in [3.8, 4) is 0 Å². The molecule has 0 amide bonds. The number of morpholine rings is 1. The zero-order chi connectivity index (χ0) is 14.4. The topological polar surface area (TPSA) is 24.5 Å². The Kier molecular flexibility index (Phi) is 5.58. The molecule has 1 aromatic rings. The Balaban J connectivity index is 2.09. The summed E-state index contributed by atoms with van der Waals surface area (Å²) in [5.41, 5.74) is 1.54. The van der Waals surface area contributed by atoms with E-state index in [1.54, 1.807) is 0 Å². The van der Waals surface area contributed by atoms with E-state index in [0.717, 1.165) is 39.3 Å². The molecule has 1 heterocycles. The largest absolute Gasteiger partial charge is 0.379 e. The minimum absolute atomic E-state index is 0.135. The molecule has 1 unspecified atom stereocenters. The molecule has 20 heavy (non-hydrogen) atoms. The summed E-state index contributed by atoms with van der Waals surface area (Å²) in [6.45, 7) is 11.7. The van der Waals surface area contributed by atoms with Crippen LogP contribution in [-0.4, -0.2) is 49.3 Å². The molecule has 1 N–H and O–H groups in total. The number of likely N-dealkylation sites (N-methyl/N-ethyl adjacent to an activating group) is 1. The third kappa shape index (κ3) is 3.81. The first-order chi connectivity index (χ1) is 9.64. The van der Waals surface area contributed by atoms with E-state index in [-0.39, 0.29) is 5.54 Å². The van der Waals surface area contributed by atoms with E-state index in [4.69, 9.17) is 4.74 Å². The summed E-state index contributed by atoms with van der Waals surface area (Å²) in [5, 5.41) is 3.69. The van der Waals surface area contributed by atoms with Crippen molar-refractivity contribution in [2.45, 2.75) is 38.8 Å². The number of hydrogen-bond acceptors (Lipinski definition) is 3. The molecular weight excluding hydrogens is 248 g/mol. The Morgan fingerprint density at radius 3 is 2.45 bits per heavy atom. The Hall–Kier alpha value is -0.900. The van der Waals surface area contributed by atoms with Crippen LogP contribution >= 0.6 is 0 Å². The summed E-state index contributed by atoms with van der Waals surface area (Å²) in [7, 11) is 0. The second kappa shape index (κ2) is 7.21. The molecule has 0 spiro atoms. The third-order valence-electron chi connectivity index (χ3n) is 4.41. The highest BCUT2D eigenvalue weighted by molar-refractivity contribution is 5.17. The van der Waals surface area contributed by atoms with Crippen molar-refractivity contribution < 1.29 is 4.74 Å². The molecule has 0 radical (unpaired) electrons. The molecule has 2 rings (SSSR count). The van der Waals surface area contributed by atoms with Gasteiger partial charge in [0.15, 0.2) is 0 Å². The molecule has 1 aromatic carbocycles. The molecular formula is C17H28N2O. The Labute approximate surface area is 123 Å². The summed E-state index contributed by atoms with van der Waals surface area (Å²) in [4.78, 5) is 2.56. The van der Waals surface area contributed by atoms with Crippen molar-refractivity contribution in [3.63, 3.8) is 0 Å². The molecule has 112 valence electrons. The summed E-state index contributed by atoms with van der Waals surface area (Å²) < 4.78 is 5.49. The van der Waals surface area contributed by atoms with Crippen LogP contribution in [0, 0.1) is 0 Å². The van der Waals surface area contributed by atoms with Gasteiger partial charge in [0.2, 0.25) is 0 Å². The van der Waals surface area contributed by atoms with Crippen LogP contribution in [0.3, 0.4) is 0 Å². The monoisotopic (exact) mass is 276 g/mol. The zero-order valence-electron chi connectivity index (χ0n) is 13.1. The fourth-order valence-electron chi connectivity index (χ4n) is 3.03. The van der Waals surface area contributed by atoms with Crippen LogP contribution in [0.5, 0.6) is 0 Å². The maximum absolute atomic E-state index is 5.49. The van der Waals surface area contributed by atoms with E-state index in [0.29, 0.717) is 6.04 Å². The Morgan fingerprint density at radius 1 is 1.20 bits per heavy atom. The van der Waals surface area contributed by atoms with E-state index < -0.39 is 0 Å². The summed E-state index contributed by atoms with van der Waals surface area (Å²) in [6, 6.07) is 11.2. The van der Waals surface area contributed by atoms with Crippen molar-refractivity contribution in [2.75, 3.05) is 32.8 Å². The first kappa shape index (κ1) is 15.5. The number of rotatable bonds is 6. The van der Waals surface area contributed by atoms with Crippen LogP contribution in [0.25, 0.3) is 0 Å². The lowest BCUT2D eigenvalue weighted by Gasteiger charge is -2.46. The lowest BCUT2D eigenvalue weighted by Crippen LogP contribution is -2.61. The van der Waals surface area contributed by atoms with Crippen LogP contribution in [-0.2, 0) is 11.2 Å². The highest BCUT2D eigenvalue weighted by Crippen LogP contribution is 2.23. The van der Waals surface area contributed by atoms with Crippen molar-refractivity contribution in [3.05, 3.63) is 35.9 Å². The standard InChI is InChI=1S/C17H28N2O/c1-4-18-16(14-15-8-6-5-7-9-15)17(2,3)19-10-12-20-13-11-19/h5-9,16,18H,4,10-14H2,1-3H3. The lowest BCUT2D eigenvalue weighted by molar-refractivity contribution is -0.0230. The normalized spacial score (nSPS) is 18.9. The van der Waals surface area contributed by atoms with Gasteiger partial charge in [-0.3, -0.25) is 4.90 Å². The maximum Gasteiger partial charge on any atom is 0.0594 e. The van der Waals surface area contributed by atoms with Crippen LogP contribution < -0.4 is 5.32 Å². The van der Waals surface area contributed by atoms with Crippen LogP contribution in [0.2, 0.25) is 0 Å². The van der Waals surface area contributed by atoms with E-state index in [1.807, 2.05) is 0 Å². The zero-order valence-corrected chi connectivity index (χ0v) is 13.1. The van der Waals surface area contributed by atoms with E-state index >= 15 is 0 Å². The highest BCUT2D eigenvalue weighted by Gasteiger charge is 2.35. The summed E-state index contributed by atoms with van der Waals surface area (Å²) >= 11 is 0. The molecule has 0 aliphatic carbocycles. The number of ether oxygens (including phenoxy) is 1. The minimum Gasteiger partial charge on any atom is -0.379 e. The van der Waals surface area contributed by atoms with Gasteiger partial charge in [0, 0.05) is 24.7 Å². The fraction of sp³-hybridized carbons (Fsp3) is 0.647. The van der Waals surface area contributed by atoms with Gasteiger partial charge >= 0.3 is 0 Å². The molecule has 0 saturated carbocycles. The average molecular weight is 276 g/mol. The predicted molar refractivity (Wildman–Crippen MR) is 84.1 cm³/mol. The third-order valence-corrected chi connectivity index (χ3v) is 4.41.